The van der Waals surface area contributed by atoms with E-state index in [1.807, 2.05) is 29.2 Å². The molecule has 0 saturated carbocycles. The molecule has 6 nitrogen and oxygen atoms in total. The van der Waals surface area contributed by atoms with Gasteiger partial charge in [0.15, 0.2) is 0 Å². The average molecular weight is 398 g/mol. The van der Waals surface area contributed by atoms with E-state index in [4.69, 9.17) is 9.15 Å². The number of halogens is 1. The fourth-order valence-electron chi connectivity index (χ4n) is 2.20. The van der Waals surface area contributed by atoms with E-state index in [9.17, 15) is 4.79 Å². The molecule has 2 aromatic rings. The maximum Gasteiger partial charge on any atom is 0.276 e. The molecule has 0 spiro atoms. The lowest BCUT2D eigenvalue weighted by Crippen LogP contribution is -2.40. The molecule has 1 aromatic heterocycles. The van der Waals surface area contributed by atoms with Gasteiger partial charge in [-0.15, -0.1) is 10.2 Å². The van der Waals surface area contributed by atoms with Crippen LogP contribution < -0.4 is 0 Å². The van der Waals surface area contributed by atoms with Crippen LogP contribution in [0, 0.1) is 0 Å². The van der Waals surface area contributed by atoms with Crippen molar-refractivity contribution in [3.05, 3.63) is 28.7 Å². The molecule has 2 heterocycles. The Bertz CT molecular complexity index is 673. The number of benzene rings is 1. The number of morpholine rings is 1. The number of carbonyl (C=O) groups is 1. The minimum absolute atomic E-state index is 0.146. The lowest BCUT2D eigenvalue weighted by Gasteiger charge is -2.26. The highest BCUT2D eigenvalue weighted by Gasteiger charge is 2.17. The second-order valence-electron chi connectivity index (χ2n) is 4.98. The first-order valence-corrected chi connectivity index (χ1v) is 9.08. The molecule has 3 rings (SSSR count). The van der Waals surface area contributed by atoms with Crippen LogP contribution in [-0.4, -0.2) is 53.1 Å². The molecule has 1 aromatic carbocycles. The molecule has 0 radical (unpaired) electrons. The van der Waals surface area contributed by atoms with Crippen molar-refractivity contribution in [2.45, 2.75) is 11.6 Å². The number of amides is 1. The molecular weight excluding hydrogens is 382 g/mol. The maximum atomic E-state index is 12.0. The highest BCUT2D eigenvalue weighted by Crippen LogP contribution is 2.25. The first kappa shape index (κ1) is 16.5. The van der Waals surface area contributed by atoms with E-state index < -0.39 is 0 Å². The van der Waals surface area contributed by atoms with Gasteiger partial charge in [-0.25, -0.2) is 0 Å². The van der Waals surface area contributed by atoms with Crippen molar-refractivity contribution in [1.29, 1.82) is 0 Å². The monoisotopic (exact) mass is 397 g/mol. The summed E-state index contributed by atoms with van der Waals surface area (Å²) in [4.78, 5) is 13.9. The van der Waals surface area contributed by atoms with Gasteiger partial charge < -0.3 is 14.1 Å². The average Bonchev–Trinajstić information content (AvgIpc) is 3.04. The van der Waals surface area contributed by atoms with E-state index >= 15 is 0 Å². The highest BCUT2D eigenvalue weighted by molar-refractivity contribution is 9.10. The van der Waals surface area contributed by atoms with Crippen molar-refractivity contribution in [1.82, 2.24) is 15.1 Å². The van der Waals surface area contributed by atoms with Gasteiger partial charge in [0, 0.05) is 35.3 Å². The summed E-state index contributed by atoms with van der Waals surface area (Å²) in [6.07, 6.45) is 0.458. The van der Waals surface area contributed by atoms with Crippen molar-refractivity contribution >= 4 is 33.6 Å². The Morgan fingerprint density at radius 2 is 2.13 bits per heavy atom. The number of hydrogen-bond donors (Lipinski definition) is 0. The molecule has 1 aliphatic heterocycles. The van der Waals surface area contributed by atoms with Crippen LogP contribution in [0.1, 0.15) is 6.42 Å². The summed E-state index contributed by atoms with van der Waals surface area (Å²) in [5, 5.41) is 8.54. The minimum Gasteiger partial charge on any atom is -0.411 e. The summed E-state index contributed by atoms with van der Waals surface area (Å²) in [5.41, 5.74) is 0.864. The van der Waals surface area contributed by atoms with Gasteiger partial charge in [-0.2, -0.15) is 0 Å². The molecule has 0 bridgehead atoms. The number of nitrogens with zero attached hydrogens (tertiary/aromatic N) is 3. The Morgan fingerprint density at radius 3 is 2.91 bits per heavy atom. The number of aromatic nitrogens is 2. The molecule has 23 heavy (non-hydrogen) atoms. The molecule has 122 valence electrons. The van der Waals surface area contributed by atoms with Crippen molar-refractivity contribution in [2.24, 2.45) is 0 Å². The number of carbonyl (C=O) groups excluding carboxylic acids is 1. The van der Waals surface area contributed by atoms with Crippen molar-refractivity contribution < 1.29 is 13.9 Å². The van der Waals surface area contributed by atoms with Gasteiger partial charge in [-0.05, 0) is 18.2 Å². The van der Waals surface area contributed by atoms with Gasteiger partial charge >= 0.3 is 0 Å². The molecule has 0 atom stereocenters. The summed E-state index contributed by atoms with van der Waals surface area (Å²) in [7, 11) is 0. The topological polar surface area (TPSA) is 68.5 Å². The molecule has 0 unspecified atom stereocenters. The largest absolute Gasteiger partial charge is 0.411 e. The standard InChI is InChI=1S/C15H16BrN3O3S/c16-12-3-1-2-11(10-12)14-17-18-15(22-14)23-9-4-13(20)19-5-7-21-8-6-19/h1-3,10H,4-9H2. The van der Waals surface area contributed by atoms with E-state index in [0.717, 1.165) is 10.0 Å². The van der Waals surface area contributed by atoms with Crippen LogP contribution >= 0.6 is 27.7 Å². The van der Waals surface area contributed by atoms with Crippen molar-refractivity contribution in [3.8, 4) is 11.5 Å². The summed E-state index contributed by atoms with van der Waals surface area (Å²) >= 11 is 4.82. The van der Waals surface area contributed by atoms with Crippen LogP contribution in [0.25, 0.3) is 11.5 Å². The molecule has 1 saturated heterocycles. The first-order valence-electron chi connectivity index (χ1n) is 7.30. The highest BCUT2D eigenvalue weighted by atomic mass is 79.9. The zero-order chi connectivity index (χ0) is 16.1. The Kier molecular flexibility index (Phi) is 5.69. The van der Waals surface area contributed by atoms with Gasteiger partial charge in [0.25, 0.3) is 5.22 Å². The molecule has 0 aliphatic carbocycles. The summed E-state index contributed by atoms with van der Waals surface area (Å²) in [5.74, 6) is 1.25. The van der Waals surface area contributed by atoms with Crippen LogP contribution in [0.15, 0.2) is 38.4 Å². The van der Waals surface area contributed by atoms with Crippen LogP contribution in [0.5, 0.6) is 0 Å². The molecule has 8 heteroatoms. The first-order chi connectivity index (χ1) is 11.2. The third-order valence-electron chi connectivity index (χ3n) is 3.38. The third-order valence-corrected chi connectivity index (χ3v) is 4.70. The third kappa shape index (κ3) is 4.55. The van der Waals surface area contributed by atoms with Gasteiger partial charge in [0.1, 0.15) is 0 Å². The zero-order valence-electron chi connectivity index (χ0n) is 12.4. The van der Waals surface area contributed by atoms with Crippen LogP contribution in [0.3, 0.4) is 0 Å². The molecule has 1 amide bonds. The van der Waals surface area contributed by atoms with E-state index in [2.05, 4.69) is 26.1 Å². The Hall–Kier alpha value is -1.38. The lowest BCUT2D eigenvalue weighted by atomic mass is 10.2. The smallest absolute Gasteiger partial charge is 0.276 e. The summed E-state index contributed by atoms with van der Waals surface area (Å²) in [6.45, 7) is 2.60. The minimum atomic E-state index is 0.146. The van der Waals surface area contributed by atoms with E-state index in [1.54, 1.807) is 0 Å². The summed E-state index contributed by atoms with van der Waals surface area (Å²) in [6, 6.07) is 7.68. The fourth-order valence-corrected chi connectivity index (χ4v) is 3.29. The van der Waals surface area contributed by atoms with Gasteiger partial charge in [0.2, 0.25) is 11.8 Å². The lowest BCUT2D eigenvalue weighted by molar-refractivity contribution is -0.134. The number of rotatable bonds is 5. The zero-order valence-corrected chi connectivity index (χ0v) is 14.8. The maximum absolute atomic E-state index is 12.0. The fraction of sp³-hybridized carbons (Fsp3) is 0.400. The SMILES string of the molecule is O=C(CCSc1nnc(-c2cccc(Br)c2)o1)N1CCOCC1. The second-order valence-corrected chi connectivity index (χ2v) is 6.94. The predicted octanol–water partition coefficient (Wildman–Crippen LogP) is 2.84. The number of ether oxygens (including phenoxy) is 1. The van der Waals surface area contributed by atoms with Crippen LogP contribution in [-0.2, 0) is 9.53 Å². The van der Waals surface area contributed by atoms with Crippen molar-refractivity contribution in [2.75, 3.05) is 32.1 Å². The normalized spacial score (nSPS) is 14.9. The number of hydrogen-bond acceptors (Lipinski definition) is 6. The van der Waals surface area contributed by atoms with Crippen LogP contribution in [0.4, 0.5) is 0 Å². The second kappa shape index (κ2) is 7.94. The van der Waals surface area contributed by atoms with E-state index in [0.29, 0.717) is 49.6 Å². The quantitative estimate of drug-likeness (QED) is 0.722. The Morgan fingerprint density at radius 1 is 1.30 bits per heavy atom. The van der Waals surface area contributed by atoms with Crippen molar-refractivity contribution in [3.63, 3.8) is 0 Å². The van der Waals surface area contributed by atoms with E-state index in [1.165, 1.54) is 11.8 Å². The van der Waals surface area contributed by atoms with Gasteiger partial charge in [-0.3, -0.25) is 4.79 Å². The Labute approximate surface area is 146 Å². The predicted molar refractivity (Wildman–Crippen MR) is 90.2 cm³/mol. The van der Waals surface area contributed by atoms with Gasteiger partial charge in [-0.1, -0.05) is 33.8 Å². The molecule has 1 aliphatic rings. The number of thioether (sulfide) groups is 1. The summed E-state index contributed by atoms with van der Waals surface area (Å²) < 4.78 is 11.8. The Balaban J connectivity index is 1.50. The van der Waals surface area contributed by atoms with Crippen LogP contribution in [0.2, 0.25) is 0 Å². The van der Waals surface area contributed by atoms with Gasteiger partial charge in [0.05, 0.1) is 13.2 Å². The molecule has 0 N–H and O–H groups in total. The molecule has 1 fully saturated rings. The van der Waals surface area contributed by atoms with E-state index in [-0.39, 0.29) is 5.91 Å². The molecular formula is C15H16BrN3O3S.